The first-order valence-corrected chi connectivity index (χ1v) is 19.0. The molecular formula is C48H48O11. The van der Waals surface area contributed by atoms with E-state index in [1.807, 2.05) is 24.3 Å². The Morgan fingerprint density at radius 2 is 0.831 bits per heavy atom. The number of ether oxygens (including phenoxy) is 2. The van der Waals surface area contributed by atoms with Gasteiger partial charge in [-0.15, -0.1) is 0 Å². The summed E-state index contributed by atoms with van der Waals surface area (Å²) in [5, 5.41) is 57.2. The van der Waals surface area contributed by atoms with Crippen LogP contribution < -0.4 is 9.47 Å². The molecule has 11 nitrogen and oxygen atoms in total. The predicted octanol–water partition coefficient (Wildman–Crippen LogP) is 9.73. The first-order chi connectivity index (χ1) is 28.4. The van der Waals surface area contributed by atoms with E-state index in [0.29, 0.717) is 34.8 Å². The number of carbonyl (C=O) groups excluding carboxylic acids is 3. The zero-order valence-corrected chi connectivity index (χ0v) is 32.9. The Kier molecular flexibility index (Phi) is 16.9. The summed E-state index contributed by atoms with van der Waals surface area (Å²) in [6.45, 7) is 2.85. The summed E-state index contributed by atoms with van der Waals surface area (Å²) in [4.78, 5) is 36.5. The van der Waals surface area contributed by atoms with Gasteiger partial charge in [-0.3, -0.25) is 14.4 Å². The van der Waals surface area contributed by atoms with Crippen molar-refractivity contribution < 1.29 is 54.5 Å². The maximum atomic E-state index is 12.4. The molecule has 6 aromatic carbocycles. The third-order valence-corrected chi connectivity index (χ3v) is 8.95. The van der Waals surface area contributed by atoms with Gasteiger partial charge in [-0.05, 0) is 55.0 Å². The van der Waals surface area contributed by atoms with Crippen LogP contribution in [0.2, 0.25) is 0 Å². The summed E-state index contributed by atoms with van der Waals surface area (Å²) < 4.78 is 10.6. The van der Waals surface area contributed by atoms with Crippen molar-refractivity contribution in [2.24, 2.45) is 0 Å². The summed E-state index contributed by atoms with van der Waals surface area (Å²) >= 11 is 0. The highest BCUT2D eigenvalue weighted by Crippen LogP contribution is 2.30. The third-order valence-electron chi connectivity index (χ3n) is 8.95. The van der Waals surface area contributed by atoms with E-state index in [-0.39, 0.29) is 62.8 Å². The van der Waals surface area contributed by atoms with Crippen LogP contribution in [0.1, 0.15) is 93.2 Å². The molecule has 0 aliphatic heterocycles. The van der Waals surface area contributed by atoms with Crippen molar-refractivity contribution >= 4 is 17.3 Å². The van der Waals surface area contributed by atoms with Crippen molar-refractivity contribution in [3.8, 4) is 46.0 Å². The highest BCUT2D eigenvalue weighted by atomic mass is 16.5. The molecule has 0 amide bonds. The van der Waals surface area contributed by atoms with Crippen molar-refractivity contribution in [2.75, 3.05) is 13.7 Å². The number of benzene rings is 6. The van der Waals surface area contributed by atoms with Crippen LogP contribution in [0.15, 0.2) is 133 Å². The Morgan fingerprint density at radius 3 is 1.27 bits per heavy atom. The Labute approximate surface area is 343 Å². The van der Waals surface area contributed by atoms with Crippen LogP contribution in [0, 0.1) is 0 Å². The summed E-state index contributed by atoms with van der Waals surface area (Å²) in [7, 11) is 1.51. The molecule has 0 aromatic heterocycles. The highest BCUT2D eigenvalue weighted by Gasteiger charge is 2.18. The van der Waals surface area contributed by atoms with Crippen LogP contribution in [0.4, 0.5) is 0 Å². The van der Waals surface area contributed by atoms with Gasteiger partial charge in [-0.1, -0.05) is 99.7 Å². The summed E-state index contributed by atoms with van der Waals surface area (Å²) in [6, 6.07) is 34.4. The van der Waals surface area contributed by atoms with Crippen LogP contribution in [0.25, 0.3) is 0 Å². The molecule has 0 saturated heterocycles. The van der Waals surface area contributed by atoms with E-state index in [0.717, 1.165) is 25.0 Å². The molecule has 6 aromatic rings. The number of phenolic OH excluding ortho intramolecular Hbond substituents is 6. The summed E-state index contributed by atoms with van der Waals surface area (Å²) in [5.41, 5.74) is 1.59. The van der Waals surface area contributed by atoms with Crippen LogP contribution in [0.5, 0.6) is 46.0 Å². The Morgan fingerprint density at radius 1 is 0.441 bits per heavy atom. The molecular weight excluding hydrogens is 753 g/mol. The van der Waals surface area contributed by atoms with Gasteiger partial charge in [0.25, 0.3) is 0 Å². The van der Waals surface area contributed by atoms with E-state index in [1.54, 1.807) is 60.7 Å². The molecule has 0 bridgehead atoms. The molecule has 306 valence electrons. The number of methoxy groups -OCH3 is 1. The molecule has 0 atom stereocenters. The van der Waals surface area contributed by atoms with Gasteiger partial charge in [0.2, 0.25) is 0 Å². The molecule has 0 spiro atoms. The monoisotopic (exact) mass is 800 g/mol. The van der Waals surface area contributed by atoms with Gasteiger partial charge < -0.3 is 40.1 Å². The number of hydrogen-bond acceptors (Lipinski definition) is 11. The lowest BCUT2D eigenvalue weighted by atomic mass is 10.0. The molecule has 0 aliphatic rings. The van der Waals surface area contributed by atoms with E-state index in [9.17, 15) is 34.8 Å². The van der Waals surface area contributed by atoms with E-state index in [1.165, 1.54) is 69.2 Å². The molecule has 11 heteroatoms. The second kappa shape index (κ2) is 22.5. The Balaban J connectivity index is 0.000000199. The first kappa shape index (κ1) is 44.4. The van der Waals surface area contributed by atoms with Crippen molar-refractivity contribution in [2.45, 2.75) is 45.4 Å². The highest BCUT2D eigenvalue weighted by molar-refractivity contribution is 6.13. The van der Waals surface area contributed by atoms with Crippen molar-refractivity contribution in [3.63, 3.8) is 0 Å². The van der Waals surface area contributed by atoms with Crippen molar-refractivity contribution in [1.29, 1.82) is 0 Å². The number of rotatable bonds is 15. The second-order valence-corrected chi connectivity index (χ2v) is 13.3. The standard InChI is InChI=1S/C21H26O3.C14H12O3.C13H10O5/c1-2-3-4-5-6-10-15-24-18-13-14-19(20(22)16-18)21(23)17-11-8-7-9-12-17;1-17-11-7-8-12(13(15)9-11)14(16)10-5-3-2-4-6-10;14-7-1-3-9(11(16)5-7)13(18)10-4-2-8(15)6-12(10)17/h7-9,11-14,16,22H,2-6,10,15H2,1H3;2-9,15H,1H3;1-6,14-17H. The molecule has 0 heterocycles. The largest absolute Gasteiger partial charge is 0.508 e. The molecule has 0 radical (unpaired) electrons. The number of ketones is 3. The summed E-state index contributed by atoms with van der Waals surface area (Å²) in [6.07, 6.45) is 7.25. The first-order valence-electron chi connectivity index (χ1n) is 19.0. The average molecular weight is 801 g/mol. The van der Waals surface area contributed by atoms with Gasteiger partial charge in [0.05, 0.1) is 36.0 Å². The normalized spacial score (nSPS) is 10.3. The van der Waals surface area contributed by atoms with Crippen LogP contribution in [-0.2, 0) is 0 Å². The SMILES string of the molecule is CCCCCCCCOc1ccc(C(=O)c2ccccc2)c(O)c1.COc1ccc(C(=O)c2ccccc2)c(O)c1.O=C(c1ccc(O)cc1O)c1ccc(O)cc1O. The van der Waals surface area contributed by atoms with Gasteiger partial charge in [-0.25, -0.2) is 0 Å². The van der Waals surface area contributed by atoms with E-state index >= 15 is 0 Å². The van der Waals surface area contributed by atoms with E-state index in [2.05, 4.69) is 6.92 Å². The lowest BCUT2D eigenvalue weighted by molar-refractivity contribution is 0.102. The van der Waals surface area contributed by atoms with E-state index < -0.39 is 5.78 Å². The second-order valence-electron chi connectivity index (χ2n) is 13.3. The Hall–Kier alpha value is -7.27. The molecule has 0 aliphatic carbocycles. The zero-order valence-electron chi connectivity index (χ0n) is 32.9. The van der Waals surface area contributed by atoms with Crippen molar-refractivity contribution in [3.05, 3.63) is 167 Å². The zero-order chi connectivity index (χ0) is 42.7. The van der Waals surface area contributed by atoms with Crippen LogP contribution in [0.3, 0.4) is 0 Å². The number of phenols is 6. The smallest absolute Gasteiger partial charge is 0.200 e. The fourth-order valence-corrected chi connectivity index (χ4v) is 5.76. The minimum Gasteiger partial charge on any atom is -0.508 e. The molecule has 6 N–H and O–H groups in total. The lowest BCUT2D eigenvalue weighted by Gasteiger charge is -2.09. The lowest BCUT2D eigenvalue weighted by Crippen LogP contribution is -2.02. The maximum Gasteiger partial charge on any atom is 0.200 e. The molecule has 6 rings (SSSR count). The number of aromatic hydroxyl groups is 6. The predicted molar refractivity (Wildman–Crippen MR) is 224 cm³/mol. The van der Waals surface area contributed by atoms with E-state index in [4.69, 9.17) is 19.7 Å². The average Bonchev–Trinajstić information content (AvgIpc) is 3.24. The molecule has 0 saturated carbocycles. The number of carbonyl (C=O) groups is 3. The molecule has 59 heavy (non-hydrogen) atoms. The Bertz CT molecular complexity index is 2250. The third kappa shape index (κ3) is 13.1. The number of hydrogen-bond donors (Lipinski definition) is 6. The van der Waals surface area contributed by atoms with Crippen LogP contribution >= 0.6 is 0 Å². The van der Waals surface area contributed by atoms with Crippen LogP contribution in [-0.4, -0.2) is 61.7 Å². The fraction of sp³-hybridized carbons (Fsp3) is 0.188. The van der Waals surface area contributed by atoms with Crippen molar-refractivity contribution in [1.82, 2.24) is 0 Å². The van der Waals surface area contributed by atoms with Gasteiger partial charge in [0.1, 0.15) is 46.0 Å². The minimum atomic E-state index is -0.606. The minimum absolute atomic E-state index is 0.0377. The fourth-order valence-electron chi connectivity index (χ4n) is 5.76. The quantitative estimate of drug-likeness (QED) is 0.0428. The topological polar surface area (TPSA) is 191 Å². The van der Waals surface area contributed by atoms with Gasteiger partial charge in [0, 0.05) is 35.4 Å². The molecule has 0 fully saturated rings. The van der Waals surface area contributed by atoms with Gasteiger partial charge in [-0.2, -0.15) is 0 Å². The molecule has 0 unspecified atom stereocenters. The summed E-state index contributed by atoms with van der Waals surface area (Å²) in [5.74, 6) is -1.08. The maximum absolute atomic E-state index is 12.4. The van der Waals surface area contributed by atoms with Gasteiger partial charge in [0.15, 0.2) is 17.3 Å². The van der Waals surface area contributed by atoms with Gasteiger partial charge >= 0.3 is 0 Å². The number of unbranched alkanes of at least 4 members (excludes halogenated alkanes) is 5.